The Morgan fingerprint density at radius 2 is 1.27 bits per heavy atom. The average molecular weight is 303 g/mol. The zero-order valence-corrected chi connectivity index (χ0v) is 14.3. The molecular formula is C20H34N2. The van der Waals surface area contributed by atoms with E-state index in [9.17, 15) is 0 Å². The molecule has 0 atom stereocenters. The molecule has 2 saturated carbocycles. The fourth-order valence-electron chi connectivity index (χ4n) is 3.67. The summed E-state index contributed by atoms with van der Waals surface area (Å²) in [6.07, 6.45) is 14.6. The Morgan fingerprint density at radius 3 is 1.73 bits per heavy atom. The molecule has 0 saturated heterocycles. The van der Waals surface area contributed by atoms with Crippen LogP contribution in [0.15, 0.2) is 30.3 Å². The monoisotopic (exact) mass is 302 g/mol. The maximum atomic E-state index is 3.86. The lowest BCUT2D eigenvalue weighted by molar-refractivity contribution is 0.291. The minimum atomic E-state index is 0.872. The van der Waals surface area contributed by atoms with Crippen molar-refractivity contribution < 1.29 is 0 Å². The van der Waals surface area contributed by atoms with Gasteiger partial charge in [0.1, 0.15) is 0 Å². The molecule has 3 rings (SSSR count). The van der Waals surface area contributed by atoms with Crippen LogP contribution in [0.2, 0.25) is 0 Å². The normalized spacial score (nSPS) is 20.2. The minimum absolute atomic E-state index is 0.872. The predicted molar refractivity (Wildman–Crippen MR) is 96.1 cm³/mol. The van der Waals surface area contributed by atoms with E-state index in [0.717, 1.165) is 18.6 Å². The van der Waals surface area contributed by atoms with Crippen molar-refractivity contribution in [2.45, 2.75) is 82.8 Å². The van der Waals surface area contributed by atoms with Gasteiger partial charge in [-0.3, -0.25) is 0 Å². The van der Waals surface area contributed by atoms with Gasteiger partial charge in [0.15, 0.2) is 0 Å². The summed E-state index contributed by atoms with van der Waals surface area (Å²) in [5, 5.41) is 6.94. The van der Waals surface area contributed by atoms with Crippen LogP contribution in [0.1, 0.15) is 69.8 Å². The standard InChI is InChI=1S/C12H23N.C8H11N/c1-3-7-11(8-4-1)13-12-9-5-2-6-10-12;1-9-7-8-5-3-2-4-6-8/h11-13H,1-10H2;2-6,9H,7H2,1H3. The van der Waals surface area contributed by atoms with Crippen LogP contribution in [-0.2, 0) is 6.54 Å². The number of benzene rings is 1. The third kappa shape index (κ3) is 6.93. The van der Waals surface area contributed by atoms with E-state index in [4.69, 9.17) is 0 Å². The molecule has 0 aromatic heterocycles. The first kappa shape index (κ1) is 17.5. The summed E-state index contributed by atoms with van der Waals surface area (Å²) in [4.78, 5) is 0. The summed E-state index contributed by atoms with van der Waals surface area (Å²) in [6, 6.07) is 12.1. The molecule has 124 valence electrons. The van der Waals surface area contributed by atoms with Crippen molar-refractivity contribution in [2.75, 3.05) is 7.05 Å². The lowest BCUT2D eigenvalue weighted by atomic mass is 9.91. The van der Waals surface area contributed by atoms with Gasteiger partial charge in [0.2, 0.25) is 0 Å². The molecule has 0 radical (unpaired) electrons. The Morgan fingerprint density at radius 1 is 0.773 bits per heavy atom. The first-order valence-electron chi connectivity index (χ1n) is 9.33. The maximum absolute atomic E-state index is 3.86. The van der Waals surface area contributed by atoms with Crippen LogP contribution < -0.4 is 10.6 Å². The van der Waals surface area contributed by atoms with Gasteiger partial charge >= 0.3 is 0 Å². The largest absolute Gasteiger partial charge is 0.316 e. The van der Waals surface area contributed by atoms with Gasteiger partial charge in [-0.25, -0.2) is 0 Å². The van der Waals surface area contributed by atoms with E-state index >= 15 is 0 Å². The van der Waals surface area contributed by atoms with Gasteiger partial charge in [-0.2, -0.15) is 0 Å². The molecule has 1 aromatic carbocycles. The number of nitrogens with one attached hydrogen (secondary N) is 2. The average Bonchev–Trinajstić information content (AvgIpc) is 2.59. The summed E-state index contributed by atoms with van der Waals surface area (Å²) in [6.45, 7) is 0.959. The Labute approximate surface area is 137 Å². The quantitative estimate of drug-likeness (QED) is 0.846. The van der Waals surface area contributed by atoms with Crippen molar-refractivity contribution in [1.29, 1.82) is 0 Å². The highest BCUT2D eigenvalue weighted by molar-refractivity contribution is 5.13. The molecule has 0 unspecified atom stereocenters. The second-order valence-electron chi connectivity index (χ2n) is 6.85. The van der Waals surface area contributed by atoms with Gasteiger partial charge in [0.25, 0.3) is 0 Å². The molecule has 0 heterocycles. The fraction of sp³-hybridized carbons (Fsp3) is 0.700. The number of hydrogen-bond donors (Lipinski definition) is 2. The van der Waals surface area contributed by atoms with Crippen LogP contribution in [0.4, 0.5) is 0 Å². The lowest BCUT2D eigenvalue weighted by Crippen LogP contribution is -2.40. The number of rotatable bonds is 4. The summed E-state index contributed by atoms with van der Waals surface area (Å²) in [5.41, 5.74) is 1.33. The summed E-state index contributed by atoms with van der Waals surface area (Å²) in [5.74, 6) is 0. The Kier molecular flexibility index (Phi) is 8.59. The third-order valence-corrected chi connectivity index (χ3v) is 4.91. The molecule has 2 aliphatic rings. The van der Waals surface area contributed by atoms with Gasteiger partial charge < -0.3 is 10.6 Å². The van der Waals surface area contributed by atoms with Crippen LogP contribution in [0, 0.1) is 0 Å². The van der Waals surface area contributed by atoms with E-state index in [0.29, 0.717) is 0 Å². The lowest BCUT2D eigenvalue weighted by Gasteiger charge is -2.30. The minimum Gasteiger partial charge on any atom is -0.316 e. The molecule has 0 bridgehead atoms. The summed E-state index contributed by atoms with van der Waals surface area (Å²) in [7, 11) is 1.95. The van der Waals surface area contributed by atoms with Crippen LogP contribution in [0.5, 0.6) is 0 Å². The van der Waals surface area contributed by atoms with Gasteiger partial charge in [-0.1, -0.05) is 68.9 Å². The highest BCUT2D eigenvalue weighted by Gasteiger charge is 2.19. The smallest absolute Gasteiger partial charge is 0.0202 e. The molecule has 2 nitrogen and oxygen atoms in total. The van der Waals surface area contributed by atoms with Crippen LogP contribution in [0.25, 0.3) is 0 Å². The fourth-order valence-corrected chi connectivity index (χ4v) is 3.67. The molecule has 2 heteroatoms. The molecule has 0 amide bonds. The Balaban J connectivity index is 0.000000172. The van der Waals surface area contributed by atoms with Gasteiger partial charge in [-0.15, -0.1) is 0 Å². The van der Waals surface area contributed by atoms with E-state index in [1.54, 1.807) is 0 Å². The van der Waals surface area contributed by atoms with Crippen LogP contribution >= 0.6 is 0 Å². The van der Waals surface area contributed by atoms with Crippen molar-refractivity contribution >= 4 is 0 Å². The zero-order chi connectivity index (χ0) is 15.5. The molecule has 2 fully saturated rings. The van der Waals surface area contributed by atoms with E-state index in [2.05, 4.69) is 22.8 Å². The molecular weight excluding hydrogens is 268 g/mol. The van der Waals surface area contributed by atoms with Crippen molar-refractivity contribution in [3.05, 3.63) is 35.9 Å². The van der Waals surface area contributed by atoms with Gasteiger partial charge in [0, 0.05) is 18.6 Å². The van der Waals surface area contributed by atoms with E-state index in [1.807, 2.05) is 25.2 Å². The second kappa shape index (κ2) is 10.8. The van der Waals surface area contributed by atoms with E-state index in [1.165, 1.54) is 69.8 Å². The van der Waals surface area contributed by atoms with E-state index < -0.39 is 0 Å². The molecule has 2 aliphatic carbocycles. The Hall–Kier alpha value is -0.860. The SMILES string of the molecule is C1CCC(NC2CCCCC2)CC1.CNCc1ccccc1. The molecule has 0 spiro atoms. The highest BCUT2D eigenvalue weighted by atomic mass is 14.9. The Bertz CT molecular complexity index is 349. The van der Waals surface area contributed by atoms with Crippen molar-refractivity contribution in [3.8, 4) is 0 Å². The van der Waals surface area contributed by atoms with Crippen molar-refractivity contribution in [1.82, 2.24) is 10.6 Å². The first-order chi connectivity index (χ1) is 10.9. The van der Waals surface area contributed by atoms with Crippen LogP contribution in [-0.4, -0.2) is 19.1 Å². The maximum Gasteiger partial charge on any atom is 0.0202 e. The van der Waals surface area contributed by atoms with Gasteiger partial charge in [-0.05, 0) is 38.3 Å². The zero-order valence-electron chi connectivity index (χ0n) is 14.3. The predicted octanol–water partition coefficient (Wildman–Crippen LogP) is 4.65. The molecule has 2 N–H and O–H groups in total. The summed E-state index contributed by atoms with van der Waals surface area (Å²) < 4.78 is 0. The van der Waals surface area contributed by atoms with Gasteiger partial charge in [0.05, 0.1) is 0 Å². The number of hydrogen-bond acceptors (Lipinski definition) is 2. The van der Waals surface area contributed by atoms with Crippen molar-refractivity contribution in [2.24, 2.45) is 0 Å². The first-order valence-corrected chi connectivity index (χ1v) is 9.33. The molecule has 0 aliphatic heterocycles. The van der Waals surface area contributed by atoms with E-state index in [-0.39, 0.29) is 0 Å². The second-order valence-corrected chi connectivity index (χ2v) is 6.85. The third-order valence-electron chi connectivity index (χ3n) is 4.91. The van der Waals surface area contributed by atoms with Crippen molar-refractivity contribution in [3.63, 3.8) is 0 Å². The topological polar surface area (TPSA) is 24.1 Å². The summed E-state index contributed by atoms with van der Waals surface area (Å²) >= 11 is 0. The van der Waals surface area contributed by atoms with Crippen LogP contribution in [0.3, 0.4) is 0 Å². The highest BCUT2D eigenvalue weighted by Crippen LogP contribution is 2.22. The molecule has 22 heavy (non-hydrogen) atoms. The molecule has 1 aromatic rings.